The van der Waals surface area contributed by atoms with Crippen molar-refractivity contribution in [3.63, 3.8) is 0 Å². The smallest absolute Gasteiger partial charge is 0.343 e. The third kappa shape index (κ3) is 6.37. The van der Waals surface area contributed by atoms with E-state index in [1.54, 1.807) is 66.7 Å². The van der Waals surface area contributed by atoms with Crippen molar-refractivity contribution in [2.45, 2.75) is 6.42 Å². The molecular weight excluding hydrogens is 394 g/mol. The molecular formula is C24H23N3O4. The molecule has 7 heteroatoms. The van der Waals surface area contributed by atoms with Gasteiger partial charge in [0.2, 0.25) is 0 Å². The van der Waals surface area contributed by atoms with E-state index < -0.39 is 11.9 Å². The minimum atomic E-state index is -0.478. The van der Waals surface area contributed by atoms with Crippen molar-refractivity contribution in [3.05, 3.63) is 89.5 Å². The van der Waals surface area contributed by atoms with Crippen molar-refractivity contribution >= 4 is 35.1 Å². The van der Waals surface area contributed by atoms with Crippen LogP contribution in [0.2, 0.25) is 0 Å². The Kier molecular flexibility index (Phi) is 6.90. The number of carbonyl (C=O) groups excluding carboxylic acids is 2. The first-order valence-electron chi connectivity index (χ1n) is 9.57. The van der Waals surface area contributed by atoms with Gasteiger partial charge in [-0.2, -0.15) is 0 Å². The van der Waals surface area contributed by atoms with Crippen LogP contribution in [0.3, 0.4) is 0 Å². The van der Waals surface area contributed by atoms with Crippen LogP contribution in [0, 0.1) is 0 Å². The van der Waals surface area contributed by atoms with E-state index >= 15 is 0 Å². The summed E-state index contributed by atoms with van der Waals surface area (Å²) in [6, 6.07) is 18.4. The van der Waals surface area contributed by atoms with Crippen LogP contribution in [0.1, 0.15) is 21.5 Å². The molecule has 6 N–H and O–H groups in total. The highest BCUT2D eigenvalue weighted by atomic mass is 16.5. The zero-order chi connectivity index (χ0) is 22.2. The number of anilines is 3. The summed E-state index contributed by atoms with van der Waals surface area (Å²) in [6.07, 6.45) is 3.45. The highest BCUT2D eigenvalue weighted by Gasteiger charge is 2.08. The van der Waals surface area contributed by atoms with Gasteiger partial charge in [-0.1, -0.05) is 18.2 Å². The third-order valence-electron chi connectivity index (χ3n) is 4.43. The normalized spacial score (nSPS) is 10.7. The lowest BCUT2D eigenvalue weighted by Crippen LogP contribution is -2.08. The Morgan fingerprint density at radius 3 is 2.19 bits per heavy atom. The van der Waals surface area contributed by atoms with Crippen LogP contribution in [-0.4, -0.2) is 18.5 Å². The molecule has 0 unspecified atom stereocenters. The Hall–Kier alpha value is -4.26. The second kappa shape index (κ2) is 9.98. The Labute approximate surface area is 180 Å². The number of hydrogen-bond acceptors (Lipinski definition) is 7. The molecule has 3 rings (SSSR count). The molecule has 0 amide bonds. The standard InChI is InChI=1S/C24H23N3O4/c25-19-7-5-18(6-8-19)24(29)31-21-10-1-16(2-11-21)3-12-23(28)30-14-13-17-4-9-20(26)15-22(17)27/h1-12,15H,13-14,25-27H2/b12-3+. The molecule has 0 radical (unpaired) electrons. The van der Waals surface area contributed by atoms with Crippen LogP contribution >= 0.6 is 0 Å². The number of esters is 2. The monoisotopic (exact) mass is 417 g/mol. The third-order valence-corrected chi connectivity index (χ3v) is 4.43. The largest absolute Gasteiger partial charge is 0.462 e. The summed E-state index contributed by atoms with van der Waals surface area (Å²) in [4.78, 5) is 24.0. The summed E-state index contributed by atoms with van der Waals surface area (Å²) in [5.74, 6) is -0.552. The minimum absolute atomic E-state index is 0.206. The van der Waals surface area contributed by atoms with Crippen LogP contribution in [0.25, 0.3) is 6.08 Å². The average molecular weight is 417 g/mol. The maximum absolute atomic E-state index is 12.1. The molecule has 0 heterocycles. The van der Waals surface area contributed by atoms with Crippen molar-refractivity contribution in [1.29, 1.82) is 0 Å². The predicted octanol–water partition coefficient (Wildman–Crippen LogP) is 3.45. The van der Waals surface area contributed by atoms with E-state index in [2.05, 4.69) is 0 Å². The Morgan fingerprint density at radius 2 is 1.52 bits per heavy atom. The fourth-order valence-corrected chi connectivity index (χ4v) is 2.75. The fourth-order valence-electron chi connectivity index (χ4n) is 2.75. The molecule has 0 aliphatic carbocycles. The van der Waals surface area contributed by atoms with Gasteiger partial charge in [-0.25, -0.2) is 9.59 Å². The van der Waals surface area contributed by atoms with E-state index in [1.165, 1.54) is 6.08 Å². The maximum atomic E-state index is 12.1. The molecule has 3 aromatic rings. The first-order valence-corrected chi connectivity index (χ1v) is 9.57. The van der Waals surface area contributed by atoms with Gasteiger partial charge in [0, 0.05) is 29.6 Å². The van der Waals surface area contributed by atoms with Crippen LogP contribution < -0.4 is 21.9 Å². The lowest BCUT2D eigenvalue weighted by molar-refractivity contribution is -0.137. The van der Waals surface area contributed by atoms with E-state index in [0.717, 1.165) is 11.1 Å². The highest BCUT2D eigenvalue weighted by Crippen LogP contribution is 2.17. The van der Waals surface area contributed by atoms with Gasteiger partial charge in [0.15, 0.2) is 0 Å². The summed E-state index contributed by atoms with van der Waals surface area (Å²) in [5, 5.41) is 0. The Balaban J connectivity index is 1.47. The number of hydrogen-bond donors (Lipinski definition) is 3. The molecule has 3 aromatic carbocycles. The van der Waals surface area contributed by atoms with Crippen LogP contribution in [0.5, 0.6) is 5.75 Å². The second-order valence-electron chi connectivity index (χ2n) is 6.79. The quantitative estimate of drug-likeness (QED) is 0.232. The number of benzene rings is 3. The zero-order valence-electron chi connectivity index (χ0n) is 16.8. The average Bonchev–Trinajstić information content (AvgIpc) is 2.75. The fraction of sp³-hybridized carbons (Fsp3) is 0.0833. The molecule has 31 heavy (non-hydrogen) atoms. The number of nitrogen functional groups attached to an aromatic ring is 3. The van der Waals surface area contributed by atoms with Crippen molar-refractivity contribution in [3.8, 4) is 5.75 Å². The number of rotatable bonds is 7. The topological polar surface area (TPSA) is 131 Å². The molecule has 0 aliphatic rings. The summed E-state index contributed by atoms with van der Waals surface area (Å²) < 4.78 is 10.5. The number of carbonyl (C=O) groups is 2. The van der Waals surface area contributed by atoms with E-state index in [1.807, 2.05) is 6.07 Å². The summed E-state index contributed by atoms with van der Waals surface area (Å²) in [6.45, 7) is 0.206. The molecule has 0 saturated carbocycles. The van der Waals surface area contributed by atoms with Crippen molar-refractivity contribution in [1.82, 2.24) is 0 Å². The zero-order valence-corrected chi connectivity index (χ0v) is 16.8. The molecule has 0 spiro atoms. The molecule has 0 atom stereocenters. The van der Waals surface area contributed by atoms with Gasteiger partial charge < -0.3 is 26.7 Å². The molecule has 0 aliphatic heterocycles. The number of nitrogens with two attached hydrogens (primary N) is 3. The maximum Gasteiger partial charge on any atom is 0.343 e. The minimum Gasteiger partial charge on any atom is -0.462 e. The van der Waals surface area contributed by atoms with Gasteiger partial charge >= 0.3 is 11.9 Å². The Morgan fingerprint density at radius 1 is 0.839 bits per heavy atom. The van der Waals surface area contributed by atoms with E-state index in [4.69, 9.17) is 26.7 Å². The van der Waals surface area contributed by atoms with E-state index in [-0.39, 0.29) is 6.61 Å². The molecule has 0 fully saturated rings. The molecule has 0 aromatic heterocycles. The van der Waals surface area contributed by atoms with Gasteiger partial charge in [-0.05, 0) is 65.7 Å². The molecule has 0 bridgehead atoms. The molecule has 158 valence electrons. The predicted molar refractivity (Wildman–Crippen MR) is 121 cm³/mol. The van der Waals surface area contributed by atoms with Crippen LogP contribution in [0.4, 0.5) is 17.1 Å². The Bertz CT molecular complexity index is 1090. The van der Waals surface area contributed by atoms with Crippen molar-refractivity contribution in [2.24, 2.45) is 0 Å². The van der Waals surface area contributed by atoms with E-state index in [0.29, 0.717) is 34.8 Å². The van der Waals surface area contributed by atoms with Crippen LogP contribution in [-0.2, 0) is 16.0 Å². The van der Waals surface area contributed by atoms with Crippen molar-refractivity contribution < 1.29 is 19.1 Å². The second-order valence-corrected chi connectivity index (χ2v) is 6.79. The molecule has 7 nitrogen and oxygen atoms in total. The van der Waals surface area contributed by atoms with Crippen molar-refractivity contribution in [2.75, 3.05) is 23.8 Å². The van der Waals surface area contributed by atoms with Gasteiger partial charge in [0.05, 0.1) is 12.2 Å². The summed E-state index contributed by atoms with van der Waals surface area (Å²) in [7, 11) is 0. The van der Waals surface area contributed by atoms with Gasteiger partial charge in [-0.15, -0.1) is 0 Å². The van der Waals surface area contributed by atoms with Gasteiger partial charge in [-0.3, -0.25) is 0 Å². The summed E-state index contributed by atoms with van der Waals surface area (Å²) >= 11 is 0. The first kappa shape index (κ1) is 21.4. The highest BCUT2D eigenvalue weighted by molar-refractivity contribution is 5.91. The summed E-state index contributed by atoms with van der Waals surface area (Å²) in [5.41, 5.74) is 20.9. The number of ether oxygens (including phenoxy) is 2. The lowest BCUT2D eigenvalue weighted by Gasteiger charge is -2.07. The van der Waals surface area contributed by atoms with Gasteiger partial charge in [0.1, 0.15) is 5.75 Å². The SMILES string of the molecule is Nc1ccc(C(=O)Oc2ccc(/C=C/C(=O)OCCc3ccc(N)cc3N)cc2)cc1. The van der Waals surface area contributed by atoms with Crippen LogP contribution in [0.15, 0.2) is 72.8 Å². The first-order chi connectivity index (χ1) is 14.9. The van der Waals surface area contributed by atoms with Gasteiger partial charge in [0.25, 0.3) is 0 Å². The lowest BCUT2D eigenvalue weighted by atomic mass is 10.1. The molecule has 0 saturated heterocycles. The van der Waals surface area contributed by atoms with E-state index in [9.17, 15) is 9.59 Å².